The Kier molecular flexibility index (Phi) is 5.50. The fourth-order valence-corrected chi connectivity index (χ4v) is 4.78. The smallest absolute Gasteiger partial charge is 0.225 e. The summed E-state index contributed by atoms with van der Waals surface area (Å²) in [6.07, 6.45) is 1.76. The summed E-state index contributed by atoms with van der Waals surface area (Å²) in [5.74, 6) is 0.215. The lowest BCUT2D eigenvalue weighted by Gasteiger charge is -2.19. The average Bonchev–Trinajstić information content (AvgIpc) is 3.46. The van der Waals surface area contributed by atoms with Gasteiger partial charge in [0.2, 0.25) is 5.91 Å². The van der Waals surface area contributed by atoms with E-state index in [1.807, 2.05) is 35.2 Å². The van der Waals surface area contributed by atoms with Gasteiger partial charge in [-0.3, -0.25) is 4.79 Å². The van der Waals surface area contributed by atoms with Gasteiger partial charge in [-0.05, 0) is 12.0 Å². The van der Waals surface area contributed by atoms with Gasteiger partial charge in [0.1, 0.15) is 17.9 Å². The lowest BCUT2D eigenvalue weighted by molar-refractivity contribution is -0.128. The zero-order valence-electron chi connectivity index (χ0n) is 17.4. The maximum Gasteiger partial charge on any atom is 0.225 e. The first-order valence-corrected chi connectivity index (χ1v) is 10.8. The summed E-state index contributed by atoms with van der Waals surface area (Å²) in [4.78, 5) is 27.4. The van der Waals surface area contributed by atoms with Crippen molar-refractivity contribution in [1.82, 2.24) is 24.4 Å². The van der Waals surface area contributed by atoms with Crippen molar-refractivity contribution in [3.8, 4) is 0 Å². The van der Waals surface area contributed by atoms with E-state index in [1.54, 1.807) is 10.9 Å². The number of likely N-dealkylation sites (tertiary alicyclic amines) is 1. The van der Waals surface area contributed by atoms with Crippen molar-refractivity contribution in [2.24, 2.45) is 5.92 Å². The van der Waals surface area contributed by atoms with Gasteiger partial charge in [-0.1, -0.05) is 30.3 Å². The molecule has 3 aromatic rings. The van der Waals surface area contributed by atoms with Gasteiger partial charge >= 0.3 is 0 Å². The van der Waals surface area contributed by atoms with Gasteiger partial charge in [-0.25, -0.2) is 15.0 Å². The number of aliphatic hydroxyl groups excluding tert-OH is 3. The number of hydrogen-bond acceptors (Lipinski definition) is 8. The molecule has 5 atom stereocenters. The number of rotatable bonds is 6. The normalized spacial score (nSPS) is 28.0. The minimum Gasteiger partial charge on any atom is -0.396 e. The first-order valence-electron chi connectivity index (χ1n) is 10.8. The number of carbonyl (C=O) groups is 1. The Morgan fingerprint density at radius 3 is 2.66 bits per heavy atom. The zero-order chi connectivity index (χ0) is 22.2. The molecule has 3 heterocycles. The first kappa shape index (κ1) is 20.8. The van der Waals surface area contributed by atoms with Crippen LogP contribution in [0.2, 0.25) is 0 Å². The third-order valence-corrected chi connectivity index (χ3v) is 6.49. The number of imidazole rings is 1. The molecule has 4 unspecified atom stereocenters. The van der Waals surface area contributed by atoms with Gasteiger partial charge in [0.05, 0.1) is 24.5 Å². The van der Waals surface area contributed by atoms with Crippen LogP contribution in [0.15, 0.2) is 43.0 Å². The summed E-state index contributed by atoms with van der Waals surface area (Å²) < 4.78 is 1.73. The van der Waals surface area contributed by atoms with Crippen molar-refractivity contribution in [3.63, 3.8) is 0 Å². The maximum absolute atomic E-state index is 12.5. The SMILES string of the molecule is O=C1C[C@H](Nc2ncnc3c2ncn3C2CC(CO)C(O)C2O)CN1Cc1ccccc1. The maximum atomic E-state index is 12.5. The minimum absolute atomic E-state index is 0.0836. The highest BCUT2D eigenvalue weighted by atomic mass is 16.3. The van der Waals surface area contributed by atoms with Crippen LogP contribution >= 0.6 is 0 Å². The molecule has 0 radical (unpaired) electrons. The third-order valence-electron chi connectivity index (χ3n) is 6.49. The number of fused-ring (bicyclic) bond motifs is 1. The van der Waals surface area contributed by atoms with Crippen LogP contribution in [0, 0.1) is 5.92 Å². The van der Waals surface area contributed by atoms with E-state index in [4.69, 9.17) is 0 Å². The molecular weight excluding hydrogens is 412 g/mol. The van der Waals surface area contributed by atoms with Gasteiger partial charge in [-0.15, -0.1) is 0 Å². The summed E-state index contributed by atoms with van der Waals surface area (Å²) in [6, 6.07) is 9.34. The highest BCUT2D eigenvalue weighted by Gasteiger charge is 2.42. The Morgan fingerprint density at radius 1 is 1.09 bits per heavy atom. The van der Waals surface area contributed by atoms with E-state index in [2.05, 4.69) is 20.3 Å². The molecule has 0 spiro atoms. The monoisotopic (exact) mass is 438 g/mol. The predicted octanol–water partition coefficient (Wildman–Crippen LogP) is 0.314. The van der Waals surface area contributed by atoms with Crippen molar-refractivity contribution < 1.29 is 20.1 Å². The molecule has 1 amide bonds. The van der Waals surface area contributed by atoms with Crippen LogP contribution < -0.4 is 5.32 Å². The third kappa shape index (κ3) is 3.70. The van der Waals surface area contributed by atoms with Crippen molar-refractivity contribution in [2.75, 3.05) is 18.5 Å². The van der Waals surface area contributed by atoms with E-state index in [0.717, 1.165) is 5.56 Å². The molecule has 168 valence electrons. The van der Waals surface area contributed by atoms with Crippen molar-refractivity contribution >= 4 is 22.9 Å². The Balaban J connectivity index is 1.33. The largest absolute Gasteiger partial charge is 0.396 e. The van der Waals surface area contributed by atoms with E-state index in [0.29, 0.717) is 42.9 Å². The Hall–Kier alpha value is -3.08. The number of hydrogen-bond donors (Lipinski definition) is 4. The minimum atomic E-state index is -1.02. The first-order chi connectivity index (χ1) is 15.5. The molecule has 2 aliphatic rings. The molecule has 10 heteroatoms. The number of anilines is 1. The van der Waals surface area contributed by atoms with Gasteiger partial charge < -0.3 is 30.1 Å². The summed E-state index contributed by atoms with van der Waals surface area (Å²) in [7, 11) is 0. The van der Waals surface area contributed by atoms with Crippen LogP contribution in [-0.4, -0.2) is 77.0 Å². The molecule has 2 aromatic heterocycles. The number of benzene rings is 1. The second kappa shape index (κ2) is 8.45. The predicted molar refractivity (Wildman–Crippen MR) is 115 cm³/mol. The summed E-state index contributed by atoms with van der Waals surface area (Å²) in [5.41, 5.74) is 2.15. The Morgan fingerprint density at radius 2 is 1.91 bits per heavy atom. The molecule has 1 saturated carbocycles. The summed E-state index contributed by atoms with van der Waals surface area (Å²) >= 11 is 0. The molecule has 2 fully saturated rings. The number of amides is 1. The molecule has 10 nitrogen and oxygen atoms in total. The standard InChI is InChI=1S/C22H26N6O4/c29-10-14-6-16(20(32)19(14)31)28-12-25-18-21(23-11-24-22(18)28)26-15-7-17(30)27(9-15)8-13-4-2-1-3-5-13/h1-5,11-12,14-16,19-20,29,31-32H,6-10H2,(H,23,24,26)/t14?,15-,16?,19?,20?/m0/s1. The van der Waals surface area contributed by atoms with Crippen LogP contribution in [-0.2, 0) is 11.3 Å². The van der Waals surface area contributed by atoms with Gasteiger partial charge in [0.15, 0.2) is 11.5 Å². The summed E-state index contributed by atoms with van der Waals surface area (Å²) in [6.45, 7) is 0.934. The summed E-state index contributed by atoms with van der Waals surface area (Å²) in [5, 5.41) is 33.4. The van der Waals surface area contributed by atoms with E-state index >= 15 is 0 Å². The Labute approximate surface area is 184 Å². The van der Waals surface area contributed by atoms with E-state index in [9.17, 15) is 20.1 Å². The molecule has 1 aliphatic heterocycles. The fourth-order valence-electron chi connectivity index (χ4n) is 4.78. The molecule has 0 bridgehead atoms. The molecule has 1 aliphatic carbocycles. The van der Waals surface area contributed by atoms with E-state index < -0.39 is 24.2 Å². The van der Waals surface area contributed by atoms with Crippen molar-refractivity contribution in [3.05, 3.63) is 48.5 Å². The van der Waals surface area contributed by atoms with E-state index in [1.165, 1.54) is 6.33 Å². The van der Waals surface area contributed by atoms with Gasteiger partial charge in [0, 0.05) is 32.0 Å². The highest BCUT2D eigenvalue weighted by molar-refractivity contribution is 5.84. The van der Waals surface area contributed by atoms with Crippen LogP contribution in [0.4, 0.5) is 5.82 Å². The second-order valence-electron chi connectivity index (χ2n) is 8.58. The number of aromatic nitrogens is 4. The number of aliphatic hydroxyl groups is 3. The van der Waals surface area contributed by atoms with Crippen LogP contribution in [0.3, 0.4) is 0 Å². The average molecular weight is 438 g/mol. The molecule has 32 heavy (non-hydrogen) atoms. The van der Waals surface area contributed by atoms with E-state index in [-0.39, 0.29) is 18.6 Å². The van der Waals surface area contributed by atoms with Crippen LogP contribution in [0.25, 0.3) is 11.2 Å². The molecule has 5 rings (SSSR count). The molecular formula is C22H26N6O4. The Bertz CT molecular complexity index is 1110. The number of nitrogens with zero attached hydrogens (tertiary/aromatic N) is 5. The van der Waals surface area contributed by atoms with Gasteiger partial charge in [0.25, 0.3) is 0 Å². The van der Waals surface area contributed by atoms with Crippen molar-refractivity contribution in [2.45, 2.75) is 43.7 Å². The highest BCUT2D eigenvalue weighted by Crippen LogP contribution is 2.37. The fraction of sp³-hybridized carbons (Fsp3) is 0.455. The second-order valence-corrected chi connectivity index (χ2v) is 8.58. The molecule has 4 N–H and O–H groups in total. The van der Waals surface area contributed by atoms with Crippen molar-refractivity contribution in [1.29, 1.82) is 0 Å². The zero-order valence-corrected chi connectivity index (χ0v) is 17.4. The lowest BCUT2D eigenvalue weighted by atomic mass is 10.1. The van der Waals surface area contributed by atoms with Crippen LogP contribution in [0.1, 0.15) is 24.4 Å². The lowest BCUT2D eigenvalue weighted by Crippen LogP contribution is -2.30. The molecule has 1 saturated heterocycles. The number of nitrogens with one attached hydrogen (secondary N) is 1. The quantitative estimate of drug-likeness (QED) is 0.432. The number of carbonyl (C=O) groups excluding carboxylic acids is 1. The van der Waals surface area contributed by atoms with Crippen LogP contribution in [0.5, 0.6) is 0 Å². The topological polar surface area (TPSA) is 137 Å². The van der Waals surface area contributed by atoms with Gasteiger partial charge in [-0.2, -0.15) is 0 Å². The molecule has 1 aromatic carbocycles.